The van der Waals surface area contributed by atoms with Gasteiger partial charge in [0.25, 0.3) is 0 Å². The predicted octanol–water partition coefficient (Wildman–Crippen LogP) is 1.60. The van der Waals surface area contributed by atoms with Crippen molar-refractivity contribution >= 4 is 0 Å². The minimum absolute atomic E-state index is 0.0244. The maximum Gasteiger partial charge on any atom is 0.123 e. The van der Waals surface area contributed by atoms with Gasteiger partial charge in [-0.3, -0.25) is 9.80 Å². The van der Waals surface area contributed by atoms with Crippen molar-refractivity contribution in [3.05, 3.63) is 29.3 Å². The molecular weight excluding hydrogens is 264 g/mol. The fourth-order valence-corrected chi connectivity index (χ4v) is 2.60. The third kappa shape index (κ3) is 3.72. The van der Waals surface area contributed by atoms with E-state index in [9.17, 15) is 0 Å². The molecule has 1 unspecified atom stereocenters. The minimum atomic E-state index is -0.0244. The van der Waals surface area contributed by atoms with E-state index in [-0.39, 0.29) is 6.04 Å². The van der Waals surface area contributed by atoms with Gasteiger partial charge in [-0.1, -0.05) is 0 Å². The van der Waals surface area contributed by atoms with E-state index in [1.165, 1.54) is 0 Å². The summed E-state index contributed by atoms with van der Waals surface area (Å²) in [5, 5.41) is 18.0. The highest BCUT2D eigenvalue weighted by Gasteiger charge is 2.21. The Kier molecular flexibility index (Phi) is 5.16. The van der Waals surface area contributed by atoms with Crippen molar-refractivity contribution in [2.24, 2.45) is 0 Å². The highest BCUT2D eigenvalue weighted by atomic mass is 16.5. The molecule has 110 valence electrons. The Morgan fingerprint density at radius 1 is 1.24 bits per heavy atom. The monoisotopic (exact) mass is 284 g/mol. The lowest BCUT2D eigenvalue weighted by molar-refractivity contribution is 0.114. The van der Waals surface area contributed by atoms with Crippen molar-refractivity contribution < 1.29 is 4.74 Å². The Morgan fingerprint density at radius 2 is 1.95 bits per heavy atom. The van der Waals surface area contributed by atoms with Gasteiger partial charge in [0.15, 0.2) is 0 Å². The first kappa shape index (κ1) is 15.3. The lowest BCUT2D eigenvalue weighted by atomic mass is 10.1. The number of nitrogens with zero attached hydrogens (tertiary/aromatic N) is 4. The number of hydrogen-bond donors (Lipinski definition) is 0. The fourth-order valence-electron chi connectivity index (χ4n) is 2.60. The smallest absolute Gasteiger partial charge is 0.123 e. The van der Waals surface area contributed by atoms with Gasteiger partial charge in [-0.05, 0) is 25.1 Å². The van der Waals surface area contributed by atoms with Crippen LogP contribution in [-0.4, -0.2) is 49.1 Å². The molecule has 1 aromatic carbocycles. The number of hydrogen-bond acceptors (Lipinski definition) is 5. The Bertz CT molecular complexity index is 565. The quantitative estimate of drug-likeness (QED) is 0.840. The minimum Gasteiger partial charge on any atom is -0.496 e. The lowest BCUT2D eigenvalue weighted by Gasteiger charge is -2.36. The first-order valence-electron chi connectivity index (χ1n) is 7.11. The maximum absolute atomic E-state index is 9.01. The number of ether oxygens (including phenoxy) is 1. The van der Waals surface area contributed by atoms with Crippen LogP contribution in [0.1, 0.15) is 18.1 Å². The highest BCUT2D eigenvalue weighted by molar-refractivity contribution is 5.42. The SMILES string of the molecule is COc1ccc(C#N)cc1CN1CCN(C(C)C#N)CC1. The molecule has 0 radical (unpaired) electrons. The van der Waals surface area contributed by atoms with Crippen molar-refractivity contribution in [3.63, 3.8) is 0 Å². The summed E-state index contributed by atoms with van der Waals surface area (Å²) in [5.74, 6) is 0.821. The van der Waals surface area contributed by atoms with Gasteiger partial charge in [0, 0.05) is 38.3 Å². The molecular formula is C16H20N4O. The summed E-state index contributed by atoms with van der Waals surface area (Å²) in [5.41, 5.74) is 1.70. The molecule has 1 heterocycles. The molecule has 1 fully saturated rings. The molecule has 1 atom stereocenters. The van der Waals surface area contributed by atoms with Crippen molar-refractivity contribution in [3.8, 4) is 17.9 Å². The van der Waals surface area contributed by atoms with Gasteiger partial charge >= 0.3 is 0 Å². The fraction of sp³-hybridized carbons (Fsp3) is 0.500. The summed E-state index contributed by atoms with van der Waals surface area (Å²) in [6.07, 6.45) is 0. The molecule has 0 amide bonds. The summed E-state index contributed by atoms with van der Waals surface area (Å²) in [7, 11) is 1.65. The van der Waals surface area contributed by atoms with Gasteiger partial charge in [0.05, 0.1) is 30.9 Å². The van der Waals surface area contributed by atoms with Crippen molar-refractivity contribution in [2.75, 3.05) is 33.3 Å². The molecule has 5 heteroatoms. The third-order valence-corrected chi connectivity index (χ3v) is 3.94. The normalized spacial score (nSPS) is 17.7. The van der Waals surface area contributed by atoms with Crippen molar-refractivity contribution in [2.45, 2.75) is 19.5 Å². The van der Waals surface area contributed by atoms with Crippen LogP contribution in [0.4, 0.5) is 0 Å². The lowest BCUT2D eigenvalue weighted by Crippen LogP contribution is -2.48. The van der Waals surface area contributed by atoms with E-state index < -0.39 is 0 Å². The molecule has 5 nitrogen and oxygen atoms in total. The summed E-state index contributed by atoms with van der Waals surface area (Å²) in [4.78, 5) is 4.53. The van der Waals surface area contributed by atoms with Crippen LogP contribution in [0.15, 0.2) is 18.2 Å². The van der Waals surface area contributed by atoms with E-state index in [1.54, 1.807) is 13.2 Å². The highest BCUT2D eigenvalue weighted by Crippen LogP contribution is 2.22. The largest absolute Gasteiger partial charge is 0.496 e. The number of rotatable bonds is 4. The number of piperazine rings is 1. The predicted molar refractivity (Wildman–Crippen MR) is 79.6 cm³/mol. The zero-order chi connectivity index (χ0) is 15.2. The van der Waals surface area contributed by atoms with E-state index in [1.807, 2.05) is 19.1 Å². The second-order valence-electron chi connectivity index (χ2n) is 5.26. The van der Waals surface area contributed by atoms with Gasteiger partial charge in [-0.15, -0.1) is 0 Å². The summed E-state index contributed by atoms with van der Waals surface area (Å²) < 4.78 is 5.37. The standard InChI is InChI=1S/C16H20N4O/c1-13(10-17)20-7-5-19(6-8-20)12-15-9-14(11-18)3-4-16(15)21-2/h3-4,9,13H,5-8,12H2,1-2H3. The van der Waals surface area contributed by atoms with Crippen LogP contribution in [0.3, 0.4) is 0 Å². The molecule has 21 heavy (non-hydrogen) atoms. The third-order valence-electron chi connectivity index (χ3n) is 3.94. The van der Waals surface area contributed by atoms with E-state index in [0.717, 1.165) is 44.0 Å². The zero-order valence-corrected chi connectivity index (χ0v) is 12.5. The van der Waals surface area contributed by atoms with Gasteiger partial charge in [0.1, 0.15) is 5.75 Å². The summed E-state index contributed by atoms with van der Waals surface area (Å²) in [6.45, 7) is 6.35. The van der Waals surface area contributed by atoms with Gasteiger partial charge in [0.2, 0.25) is 0 Å². The van der Waals surface area contributed by atoms with Crippen LogP contribution in [0.5, 0.6) is 5.75 Å². The van der Waals surface area contributed by atoms with E-state index in [2.05, 4.69) is 21.9 Å². The Balaban J connectivity index is 2.01. The number of nitriles is 2. The van der Waals surface area contributed by atoms with E-state index >= 15 is 0 Å². The first-order valence-corrected chi connectivity index (χ1v) is 7.11. The van der Waals surface area contributed by atoms with Crippen molar-refractivity contribution in [1.82, 2.24) is 9.80 Å². The molecule has 1 aromatic rings. The summed E-state index contributed by atoms with van der Waals surface area (Å²) in [6, 6.07) is 9.94. The van der Waals surface area contributed by atoms with Crippen LogP contribution in [0, 0.1) is 22.7 Å². The Morgan fingerprint density at radius 3 is 2.52 bits per heavy atom. The van der Waals surface area contributed by atoms with Gasteiger partial charge in [-0.25, -0.2) is 0 Å². The zero-order valence-electron chi connectivity index (χ0n) is 12.5. The first-order chi connectivity index (χ1) is 10.2. The molecule has 0 spiro atoms. The molecule has 2 rings (SSSR count). The van der Waals surface area contributed by atoms with Crippen LogP contribution < -0.4 is 4.74 Å². The Labute approximate surface area is 125 Å². The van der Waals surface area contributed by atoms with Gasteiger partial charge < -0.3 is 4.74 Å². The van der Waals surface area contributed by atoms with Crippen LogP contribution in [-0.2, 0) is 6.54 Å². The number of benzene rings is 1. The topological polar surface area (TPSA) is 63.3 Å². The van der Waals surface area contributed by atoms with Gasteiger partial charge in [-0.2, -0.15) is 10.5 Å². The molecule has 1 saturated heterocycles. The van der Waals surface area contributed by atoms with Crippen LogP contribution >= 0.6 is 0 Å². The molecule has 0 saturated carbocycles. The van der Waals surface area contributed by atoms with Crippen LogP contribution in [0.25, 0.3) is 0 Å². The molecule has 0 aromatic heterocycles. The Hall–Kier alpha value is -2.08. The summed E-state index contributed by atoms with van der Waals surface area (Å²) >= 11 is 0. The number of methoxy groups -OCH3 is 1. The van der Waals surface area contributed by atoms with E-state index in [0.29, 0.717) is 5.56 Å². The molecule has 1 aliphatic heterocycles. The second kappa shape index (κ2) is 7.08. The molecule has 1 aliphatic rings. The van der Waals surface area contributed by atoms with E-state index in [4.69, 9.17) is 15.3 Å². The average molecular weight is 284 g/mol. The van der Waals surface area contributed by atoms with Crippen molar-refractivity contribution in [1.29, 1.82) is 10.5 Å². The maximum atomic E-state index is 9.01. The molecule has 0 bridgehead atoms. The second-order valence-corrected chi connectivity index (χ2v) is 5.26. The average Bonchev–Trinajstić information content (AvgIpc) is 2.54. The molecule has 0 aliphatic carbocycles. The van der Waals surface area contributed by atoms with Crippen LogP contribution in [0.2, 0.25) is 0 Å². The molecule has 0 N–H and O–H groups in total.